The normalized spacial score (nSPS) is 11.0. The van der Waals surface area contributed by atoms with Gasteiger partial charge in [0.1, 0.15) is 12.4 Å². The maximum Gasteiger partial charge on any atom is 0.306 e. The second-order valence-electron chi connectivity index (χ2n) is 6.11. The van der Waals surface area contributed by atoms with Crippen LogP contribution >= 0.6 is 0 Å². The molecule has 0 bridgehead atoms. The molecule has 0 unspecified atom stereocenters. The van der Waals surface area contributed by atoms with Gasteiger partial charge in [0.25, 0.3) is 0 Å². The van der Waals surface area contributed by atoms with E-state index in [2.05, 4.69) is 12.0 Å². The smallest absolute Gasteiger partial charge is 0.266 e. The zero-order valence-corrected chi connectivity index (χ0v) is 14.0. The largest absolute Gasteiger partial charge is 0.306 e. The van der Waals surface area contributed by atoms with Crippen molar-refractivity contribution in [3.63, 3.8) is 0 Å². The molecular formula is C17H31N3O2. The maximum atomic E-state index is 10.5. The molecule has 5 nitrogen and oxygen atoms in total. The lowest BCUT2D eigenvalue weighted by atomic mass is 10.1. The lowest BCUT2D eigenvalue weighted by Gasteiger charge is -2.03. The van der Waals surface area contributed by atoms with Crippen LogP contribution in [0.1, 0.15) is 84.0 Å². The molecular weight excluding hydrogens is 278 g/mol. The zero-order valence-electron chi connectivity index (χ0n) is 14.0. The minimum absolute atomic E-state index is 0.0823. The summed E-state index contributed by atoms with van der Waals surface area (Å²) in [6, 6.07) is 0. The molecule has 5 heteroatoms. The van der Waals surface area contributed by atoms with E-state index in [4.69, 9.17) is 0 Å². The van der Waals surface area contributed by atoms with Gasteiger partial charge in [-0.1, -0.05) is 77.6 Å². The molecule has 0 spiro atoms. The van der Waals surface area contributed by atoms with Crippen LogP contribution in [-0.4, -0.2) is 14.7 Å². The molecule has 0 aliphatic rings. The van der Waals surface area contributed by atoms with Gasteiger partial charge in [-0.25, -0.2) is 0 Å². The van der Waals surface area contributed by atoms with Gasteiger partial charge in [-0.05, 0) is 6.42 Å². The highest BCUT2D eigenvalue weighted by Gasteiger charge is 2.07. The third-order valence-electron chi connectivity index (χ3n) is 4.07. The highest BCUT2D eigenvalue weighted by atomic mass is 16.6. The van der Waals surface area contributed by atoms with Crippen LogP contribution < -0.4 is 0 Å². The fourth-order valence-electron chi connectivity index (χ4n) is 2.68. The Morgan fingerprint density at radius 3 is 1.91 bits per heavy atom. The van der Waals surface area contributed by atoms with Gasteiger partial charge in [0, 0.05) is 6.54 Å². The maximum absolute atomic E-state index is 10.5. The van der Waals surface area contributed by atoms with Gasteiger partial charge in [-0.3, -0.25) is 14.8 Å². The third kappa shape index (κ3) is 8.80. The number of hydrogen-bond donors (Lipinski definition) is 0. The van der Waals surface area contributed by atoms with E-state index < -0.39 is 4.92 Å². The Bertz CT molecular complexity index is 404. The predicted octanol–water partition coefficient (Wildman–Crippen LogP) is 5.49. The molecule has 126 valence electrons. The average Bonchev–Trinajstić information content (AvgIpc) is 2.97. The summed E-state index contributed by atoms with van der Waals surface area (Å²) in [4.78, 5) is 10.1. The lowest BCUT2D eigenvalue weighted by Crippen LogP contribution is -1.98. The van der Waals surface area contributed by atoms with Gasteiger partial charge >= 0.3 is 5.69 Å². The van der Waals surface area contributed by atoms with Gasteiger partial charge in [0.15, 0.2) is 0 Å². The molecule has 22 heavy (non-hydrogen) atoms. The van der Waals surface area contributed by atoms with Gasteiger partial charge in [-0.2, -0.15) is 5.10 Å². The van der Waals surface area contributed by atoms with E-state index >= 15 is 0 Å². The van der Waals surface area contributed by atoms with Crippen molar-refractivity contribution in [1.29, 1.82) is 0 Å². The third-order valence-corrected chi connectivity index (χ3v) is 4.07. The summed E-state index contributed by atoms with van der Waals surface area (Å²) in [7, 11) is 0. The number of hydrogen-bond acceptors (Lipinski definition) is 3. The minimum atomic E-state index is -0.397. The Morgan fingerprint density at radius 2 is 1.45 bits per heavy atom. The first kappa shape index (κ1) is 18.7. The van der Waals surface area contributed by atoms with Crippen LogP contribution in [0, 0.1) is 10.1 Å². The van der Waals surface area contributed by atoms with E-state index in [-0.39, 0.29) is 5.69 Å². The summed E-state index contributed by atoms with van der Waals surface area (Å²) >= 11 is 0. The first-order valence-corrected chi connectivity index (χ1v) is 8.91. The molecule has 0 saturated carbocycles. The van der Waals surface area contributed by atoms with Crippen molar-refractivity contribution in [2.24, 2.45) is 0 Å². The summed E-state index contributed by atoms with van der Waals surface area (Å²) in [5.74, 6) is 0. The second kappa shape index (κ2) is 12.2. The van der Waals surface area contributed by atoms with Crippen LogP contribution in [0.3, 0.4) is 0 Å². The minimum Gasteiger partial charge on any atom is -0.266 e. The molecule has 1 aromatic rings. The Morgan fingerprint density at radius 1 is 0.955 bits per heavy atom. The van der Waals surface area contributed by atoms with E-state index in [9.17, 15) is 10.1 Å². The summed E-state index contributed by atoms with van der Waals surface area (Å²) in [6.07, 6.45) is 18.7. The van der Waals surface area contributed by atoms with E-state index in [1.54, 1.807) is 4.68 Å². The van der Waals surface area contributed by atoms with Crippen molar-refractivity contribution in [1.82, 2.24) is 9.78 Å². The number of aryl methyl sites for hydroxylation is 1. The number of rotatable bonds is 14. The van der Waals surface area contributed by atoms with Crippen molar-refractivity contribution < 1.29 is 4.92 Å². The Kier molecular flexibility index (Phi) is 10.3. The number of aromatic nitrogens is 2. The van der Waals surface area contributed by atoms with Crippen LogP contribution in [0.4, 0.5) is 5.69 Å². The average molecular weight is 309 g/mol. The molecule has 0 aliphatic heterocycles. The first-order valence-electron chi connectivity index (χ1n) is 8.91. The quantitative estimate of drug-likeness (QED) is 0.259. The SMILES string of the molecule is CCCCCCCCCCCCCCn1cc([N+](=O)[O-])cn1. The van der Waals surface area contributed by atoms with Crippen LogP contribution in [0.2, 0.25) is 0 Å². The van der Waals surface area contributed by atoms with Crippen molar-refractivity contribution in [2.45, 2.75) is 90.5 Å². The first-order chi connectivity index (χ1) is 10.7. The van der Waals surface area contributed by atoms with Crippen molar-refractivity contribution >= 4 is 5.69 Å². The van der Waals surface area contributed by atoms with Crippen LogP contribution in [-0.2, 0) is 6.54 Å². The van der Waals surface area contributed by atoms with E-state index in [1.807, 2.05) is 0 Å². The Hall–Kier alpha value is -1.39. The predicted molar refractivity (Wildman–Crippen MR) is 90.0 cm³/mol. The van der Waals surface area contributed by atoms with Gasteiger partial charge < -0.3 is 0 Å². The van der Waals surface area contributed by atoms with Crippen molar-refractivity contribution in [3.05, 3.63) is 22.5 Å². The molecule has 1 rings (SSSR count). The van der Waals surface area contributed by atoms with Crippen molar-refractivity contribution in [3.8, 4) is 0 Å². The number of nitrogens with zero attached hydrogens (tertiary/aromatic N) is 3. The summed E-state index contributed by atoms with van der Waals surface area (Å²) < 4.78 is 1.68. The molecule has 0 radical (unpaired) electrons. The molecule has 0 amide bonds. The molecule has 0 aliphatic carbocycles. The highest BCUT2D eigenvalue weighted by Crippen LogP contribution is 2.13. The molecule has 1 aromatic heterocycles. The highest BCUT2D eigenvalue weighted by molar-refractivity contribution is 5.20. The van der Waals surface area contributed by atoms with E-state index in [0.717, 1.165) is 13.0 Å². The summed E-state index contributed by atoms with van der Waals surface area (Å²) in [5, 5.41) is 14.5. The lowest BCUT2D eigenvalue weighted by molar-refractivity contribution is -0.385. The van der Waals surface area contributed by atoms with Crippen LogP contribution in [0.15, 0.2) is 12.4 Å². The van der Waals surface area contributed by atoms with Gasteiger partial charge in [-0.15, -0.1) is 0 Å². The fourth-order valence-corrected chi connectivity index (χ4v) is 2.68. The Labute approximate surface area is 134 Å². The molecule has 0 N–H and O–H groups in total. The van der Waals surface area contributed by atoms with Crippen molar-refractivity contribution in [2.75, 3.05) is 0 Å². The molecule has 0 aromatic carbocycles. The van der Waals surface area contributed by atoms with Crippen LogP contribution in [0.5, 0.6) is 0 Å². The van der Waals surface area contributed by atoms with Gasteiger partial charge in [0.05, 0.1) is 4.92 Å². The standard InChI is InChI=1S/C17H31N3O2/c1-2-3-4-5-6-7-8-9-10-11-12-13-14-19-16-17(15-18-19)20(21)22/h15-16H,2-14H2,1H3. The fraction of sp³-hybridized carbons (Fsp3) is 0.824. The zero-order chi connectivity index (χ0) is 16.0. The topological polar surface area (TPSA) is 61.0 Å². The Balaban J connectivity index is 1.86. The monoisotopic (exact) mass is 309 g/mol. The molecule has 1 heterocycles. The molecule has 0 fully saturated rings. The summed E-state index contributed by atoms with van der Waals surface area (Å²) in [5.41, 5.74) is 0.0823. The molecule has 0 saturated heterocycles. The second-order valence-corrected chi connectivity index (χ2v) is 6.11. The van der Waals surface area contributed by atoms with Gasteiger partial charge in [0.2, 0.25) is 0 Å². The number of nitro groups is 1. The summed E-state index contributed by atoms with van der Waals surface area (Å²) in [6.45, 7) is 3.04. The van der Waals surface area contributed by atoms with E-state index in [1.165, 1.54) is 83.0 Å². The number of unbranched alkanes of at least 4 members (excludes halogenated alkanes) is 11. The van der Waals surface area contributed by atoms with E-state index in [0.29, 0.717) is 0 Å². The molecule has 0 atom stereocenters. The van der Waals surface area contributed by atoms with Crippen LogP contribution in [0.25, 0.3) is 0 Å².